The maximum Gasteiger partial charge on any atom is 0.252 e. The quantitative estimate of drug-likeness (QED) is 0.316. The fraction of sp³-hybridized carbons (Fsp3) is 0.429. The van der Waals surface area contributed by atoms with Crippen LogP contribution in [0, 0.1) is 25.2 Å². The Morgan fingerprint density at radius 1 is 1.00 bits per heavy atom. The standard InChI is InChI=1S/C35H44N6O2/c1-24(2)38-35(43)33-25(3)20-28(21-26(33)4)34(42)37-17-14-27(5)40-18-15-32(16-19-40)41(31-12-7-6-8-13-31)23-30-11-9-10-29(22-36)39-30/h6-13,20-21,24,27,32H,14-19,23H2,1-5H3,(H,37,42)(H,38,43)/t27-/m1/s1. The lowest BCUT2D eigenvalue weighted by Crippen LogP contribution is -2.48. The van der Waals surface area contributed by atoms with Crippen molar-refractivity contribution in [3.63, 3.8) is 0 Å². The maximum atomic E-state index is 13.0. The van der Waals surface area contributed by atoms with Crippen molar-refractivity contribution in [3.05, 3.63) is 94.3 Å². The van der Waals surface area contributed by atoms with Crippen LogP contribution in [0.2, 0.25) is 0 Å². The number of likely N-dealkylation sites (tertiary alicyclic amines) is 1. The molecule has 2 heterocycles. The van der Waals surface area contributed by atoms with Crippen molar-refractivity contribution in [3.8, 4) is 6.07 Å². The van der Waals surface area contributed by atoms with Gasteiger partial charge in [0.05, 0.1) is 12.2 Å². The van der Waals surface area contributed by atoms with Crippen molar-refractivity contribution in [2.75, 3.05) is 24.5 Å². The molecule has 2 aromatic carbocycles. The Morgan fingerprint density at radius 3 is 2.30 bits per heavy atom. The van der Waals surface area contributed by atoms with Gasteiger partial charge >= 0.3 is 0 Å². The van der Waals surface area contributed by atoms with E-state index in [-0.39, 0.29) is 17.9 Å². The van der Waals surface area contributed by atoms with Crippen LogP contribution in [0.1, 0.15) is 83.3 Å². The minimum atomic E-state index is -0.111. The molecule has 0 saturated carbocycles. The molecule has 8 heteroatoms. The van der Waals surface area contributed by atoms with Gasteiger partial charge in [-0.3, -0.25) is 9.59 Å². The molecule has 0 bridgehead atoms. The molecule has 3 aromatic rings. The number of anilines is 1. The zero-order valence-corrected chi connectivity index (χ0v) is 26.1. The molecule has 1 fully saturated rings. The van der Waals surface area contributed by atoms with Gasteiger partial charge in [-0.25, -0.2) is 4.98 Å². The van der Waals surface area contributed by atoms with Crippen molar-refractivity contribution in [2.24, 2.45) is 0 Å². The number of aromatic nitrogens is 1. The number of pyridine rings is 1. The van der Waals surface area contributed by atoms with E-state index in [1.54, 1.807) is 18.2 Å². The Kier molecular flexibility index (Phi) is 10.9. The van der Waals surface area contributed by atoms with Crippen LogP contribution < -0.4 is 15.5 Å². The summed E-state index contributed by atoms with van der Waals surface area (Å²) in [7, 11) is 0. The van der Waals surface area contributed by atoms with E-state index in [2.05, 4.69) is 62.7 Å². The van der Waals surface area contributed by atoms with Gasteiger partial charge in [0.15, 0.2) is 0 Å². The Hall–Kier alpha value is -4.22. The number of para-hydroxylation sites is 1. The molecule has 0 spiro atoms. The van der Waals surface area contributed by atoms with Crippen LogP contribution in [-0.4, -0.2) is 59.5 Å². The number of amides is 2. The molecule has 1 aromatic heterocycles. The predicted molar refractivity (Wildman–Crippen MR) is 171 cm³/mol. The van der Waals surface area contributed by atoms with Crippen LogP contribution in [0.4, 0.5) is 5.69 Å². The largest absolute Gasteiger partial charge is 0.363 e. The predicted octanol–water partition coefficient (Wildman–Crippen LogP) is 5.39. The summed E-state index contributed by atoms with van der Waals surface area (Å²) in [5.74, 6) is -0.216. The summed E-state index contributed by atoms with van der Waals surface area (Å²) < 4.78 is 0. The second-order valence-electron chi connectivity index (χ2n) is 11.9. The monoisotopic (exact) mass is 580 g/mol. The van der Waals surface area contributed by atoms with Gasteiger partial charge in [0.1, 0.15) is 11.8 Å². The van der Waals surface area contributed by atoms with Crippen molar-refractivity contribution < 1.29 is 9.59 Å². The van der Waals surface area contributed by atoms with Crippen LogP contribution in [0.15, 0.2) is 60.7 Å². The van der Waals surface area contributed by atoms with Gasteiger partial charge in [0.25, 0.3) is 11.8 Å². The first-order valence-corrected chi connectivity index (χ1v) is 15.3. The average molecular weight is 581 g/mol. The van der Waals surface area contributed by atoms with Gasteiger partial charge in [-0.15, -0.1) is 0 Å². The summed E-state index contributed by atoms with van der Waals surface area (Å²) in [6.07, 6.45) is 2.91. The van der Waals surface area contributed by atoms with Crippen molar-refractivity contribution in [1.29, 1.82) is 5.26 Å². The molecule has 1 aliphatic heterocycles. The summed E-state index contributed by atoms with van der Waals surface area (Å²) in [6, 6.07) is 22.6. The smallest absolute Gasteiger partial charge is 0.252 e. The molecule has 43 heavy (non-hydrogen) atoms. The normalized spacial score (nSPS) is 14.6. The van der Waals surface area contributed by atoms with E-state index in [1.165, 1.54) is 5.69 Å². The first-order valence-electron chi connectivity index (χ1n) is 15.3. The van der Waals surface area contributed by atoms with E-state index in [0.717, 1.165) is 49.2 Å². The molecule has 0 unspecified atom stereocenters. The lowest BCUT2D eigenvalue weighted by Gasteiger charge is -2.41. The summed E-state index contributed by atoms with van der Waals surface area (Å²) >= 11 is 0. The molecule has 1 saturated heterocycles. The third kappa shape index (κ3) is 8.42. The Morgan fingerprint density at radius 2 is 1.67 bits per heavy atom. The van der Waals surface area contributed by atoms with Crippen molar-refractivity contribution in [1.82, 2.24) is 20.5 Å². The number of carbonyl (C=O) groups is 2. The summed E-state index contributed by atoms with van der Waals surface area (Å²) in [4.78, 5) is 35.0. The number of carbonyl (C=O) groups excluding carboxylic acids is 2. The molecular weight excluding hydrogens is 536 g/mol. The Bertz CT molecular complexity index is 1420. The highest BCUT2D eigenvalue weighted by Crippen LogP contribution is 2.26. The third-order valence-corrected chi connectivity index (χ3v) is 8.19. The molecule has 2 N–H and O–H groups in total. The average Bonchev–Trinajstić information content (AvgIpc) is 2.99. The minimum absolute atomic E-state index is 0.0510. The van der Waals surface area contributed by atoms with Gasteiger partial charge in [0.2, 0.25) is 0 Å². The van der Waals surface area contributed by atoms with Gasteiger partial charge < -0.3 is 20.4 Å². The number of hydrogen-bond donors (Lipinski definition) is 2. The SMILES string of the molecule is Cc1cc(C(=O)NCC[C@@H](C)N2CCC(N(Cc3cccc(C#N)n3)c3ccccc3)CC2)cc(C)c1C(=O)NC(C)C. The van der Waals surface area contributed by atoms with E-state index in [4.69, 9.17) is 0 Å². The van der Waals surface area contributed by atoms with Gasteiger partial charge in [0, 0.05) is 54.6 Å². The minimum Gasteiger partial charge on any atom is -0.363 e. The lowest BCUT2D eigenvalue weighted by atomic mass is 9.98. The number of nitrogens with zero attached hydrogens (tertiary/aromatic N) is 4. The first kappa shape index (κ1) is 31.7. The Labute approximate surface area is 256 Å². The second kappa shape index (κ2) is 14.8. The molecule has 2 amide bonds. The summed E-state index contributed by atoms with van der Waals surface area (Å²) in [5, 5.41) is 15.3. The molecule has 0 aliphatic carbocycles. The van der Waals surface area contributed by atoms with E-state index >= 15 is 0 Å². The number of hydrogen-bond acceptors (Lipinski definition) is 6. The fourth-order valence-electron chi connectivity index (χ4n) is 5.96. The van der Waals surface area contributed by atoms with E-state index in [0.29, 0.717) is 42.0 Å². The van der Waals surface area contributed by atoms with Crippen molar-refractivity contribution in [2.45, 2.75) is 78.6 Å². The number of piperidine rings is 1. The van der Waals surface area contributed by atoms with E-state index in [1.807, 2.05) is 45.9 Å². The highest BCUT2D eigenvalue weighted by molar-refractivity contribution is 6.00. The number of nitriles is 1. The zero-order valence-electron chi connectivity index (χ0n) is 26.1. The highest BCUT2D eigenvalue weighted by atomic mass is 16.2. The summed E-state index contributed by atoms with van der Waals surface area (Å²) in [6.45, 7) is 13.1. The van der Waals surface area contributed by atoms with Crippen LogP contribution in [-0.2, 0) is 6.54 Å². The fourth-order valence-corrected chi connectivity index (χ4v) is 5.96. The molecule has 226 valence electrons. The second-order valence-corrected chi connectivity index (χ2v) is 11.9. The number of rotatable bonds is 11. The van der Waals surface area contributed by atoms with Gasteiger partial charge in [-0.2, -0.15) is 5.26 Å². The molecule has 1 atom stereocenters. The number of aryl methyl sites for hydroxylation is 2. The Balaban J connectivity index is 1.30. The highest BCUT2D eigenvalue weighted by Gasteiger charge is 2.27. The topological polar surface area (TPSA) is 101 Å². The maximum absolute atomic E-state index is 13.0. The zero-order chi connectivity index (χ0) is 30.9. The van der Waals surface area contributed by atoms with Crippen molar-refractivity contribution >= 4 is 17.5 Å². The molecule has 4 rings (SSSR count). The molecule has 0 radical (unpaired) electrons. The van der Waals surface area contributed by atoms with Gasteiger partial charge in [-0.1, -0.05) is 24.3 Å². The van der Waals surface area contributed by atoms with Crippen LogP contribution in [0.5, 0.6) is 0 Å². The first-order chi connectivity index (χ1) is 20.7. The van der Waals surface area contributed by atoms with Gasteiger partial charge in [-0.05, 0) is 101 Å². The molecule has 1 aliphatic rings. The van der Waals surface area contributed by atoms with Crippen LogP contribution >= 0.6 is 0 Å². The molecule has 8 nitrogen and oxygen atoms in total. The number of benzene rings is 2. The van der Waals surface area contributed by atoms with E-state index < -0.39 is 0 Å². The van der Waals surface area contributed by atoms with E-state index in [9.17, 15) is 14.9 Å². The summed E-state index contributed by atoms with van der Waals surface area (Å²) in [5.41, 5.74) is 5.33. The van der Waals surface area contributed by atoms with Crippen LogP contribution in [0.25, 0.3) is 0 Å². The third-order valence-electron chi connectivity index (χ3n) is 8.19. The molecular formula is C35H44N6O2. The van der Waals surface area contributed by atoms with Crippen LogP contribution in [0.3, 0.4) is 0 Å². The number of nitrogens with one attached hydrogen (secondary N) is 2. The lowest BCUT2D eigenvalue weighted by molar-refractivity contribution is 0.0930.